The molecule has 3 rings (SSSR count). The molecule has 2 N–H and O–H groups in total. The van der Waals surface area contributed by atoms with Gasteiger partial charge >= 0.3 is 118 Å². The van der Waals surface area contributed by atoms with E-state index >= 15 is 0 Å². The molecule has 38 heavy (non-hydrogen) atoms. The van der Waals surface area contributed by atoms with Crippen LogP contribution < -0.4 is 128 Å². The second-order valence-electron chi connectivity index (χ2n) is 6.74. The molecule has 0 saturated carbocycles. The van der Waals surface area contributed by atoms with Crippen LogP contribution in [0.15, 0.2) is 46.2 Å². The molecule has 2 aromatic carbocycles. The number of rotatable bonds is 8. The van der Waals surface area contributed by atoms with Gasteiger partial charge in [0.15, 0.2) is 11.6 Å². The first-order valence-electron chi connectivity index (χ1n) is 8.66. The molecule has 0 fully saturated rings. The van der Waals surface area contributed by atoms with Crippen molar-refractivity contribution in [3.8, 4) is 0 Å². The van der Waals surface area contributed by atoms with Crippen molar-refractivity contribution in [2.75, 3.05) is 11.8 Å². The van der Waals surface area contributed by atoms with E-state index in [-0.39, 0.29) is 118 Å². The molecule has 0 radical (unpaired) electrons. The number of nitrogens with one attached hydrogen (secondary N) is 2. The SMILES string of the molecule is O=C1c2cc(S(=O)(=O)NCS(=O)(=O)[O-])ccc2C(=O)c2c1cccc2S(=O)(=O)NCS(=O)(=O)[O-].[Na+].[Na+].[Na+].[Na+]. The number of carbonyl (C=O) groups excluding carboxylic acids is 2. The monoisotopic (exact) mass is 644 g/mol. The summed E-state index contributed by atoms with van der Waals surface area (Å²) in [5, 5.41) is 0. The zero-order chi connectivity index (χ0) is 25.7. The number of hydrogen-bond acceptors (Lipinski definition) is 12. The van der Waals surface area contributed by atoms with Crippen molar-refractivity contribution in [1.82, 2.24) is 9.44 Å². The third-order valence-electron chi connectivity index (χ3n) is 4.43. The summed E-state index contributed by atoms with van der Waals surface area (Å²) in [7, 11) is -19.3. The molecule has 14 nitrogen and oxygen atoms in total. The minimum Gasteiger partial charge on any atom is -0.747 e. The summed E-state index contributed by atoms with van der Waals surface area (Å²) >= 11 is 0. The zero-order valence-corrected chi connectivity index (χ0v) is 31.7. The fourth-order valence-corrected chi connectivity index (χ4v) is 6.96. The summed E-state index contributed by atoms with van der Waals surface area (Å²) in [5.41, 5.74) is -1.92. The molecule has 0 bridgehead atoms. The van der Waals surface area contributed by atoms with Crippen LogP contribution in [0.3, 0.4) is 0 Å². The largest absolute Gasteiger partial charge is 1.00 e. The molecular formula is C16H12N2Na4O12S4+2. The van der Waals surface area contributed by atoms with Gasteiger partial charge in [-0.3, -0.25) is 9.59 Å². The molecule has 0 unspecified atom stereocenters. The molecule has 0 saturated heterocycles. The van der Waals surface area contributed by atoms with E-state index in [1.807, 2.05) is 0 Å². The Balaban J connectivity index is 0. The van der Waals surface area contributed by atoms with Crippen LogP contribution in [0.5, 0.6) is 0 Å². The maximum absolute atomic E-state index is 13.0. The molecule has 0 heterocycles. The molecule has 1 aliphatic rings. The van der Waals surface area contributed by atoms with Crippen LogP contribution in [-0.2, 0) is 40.3 Å². The number of benzene rings is 2. The van der Waals surface area contributed by atoms with E-state index in [1.165, 1.54) is 9.44 Å². The van der Waals surface area contributed by atoms with Crippen LogP contribution in [0.2, 0.25) is 0 Å². The van der Waals surface area contributed by atoms with E-state index in [9.17, 15) is 52.4 Å². The van der Waals surface area contributed by atoms with Crippen LogP contribution in [0.1, 0.15) is 31.8 Å². The summed E-state index contributed by atoms with van der Waals surface area (Å²) in [6.07, 6.45) is 0. The normalized spacial score (nSPS) is 13.0. The second-order valence-corrected chi connectivity index (χ2v) is 13.1. The fourth-order valence-electron chi connectivity index (χ4n) is 3.00. The van der Waals surface area contributed by atoms with E-state index in [1.54, 1.807) is 0 Å². The Kier molecular flexibility index (Phi) is 16.7. The Morgan fingerprint density at radius 3 is 1.61 bits per heavy atom. The van der Waals surface area contributed by atoms with E-state index in [0.717, 1.165) is 36.4 Å². The standard InChI is InChI=1S/C16H14N2O12S4.4Na/c19-15-11-2-1-3-13(34(29,30)18-8-32(24,25)26)14(11)16(20)10-5-4-9(6-12(10)15)33(27,28)17-7-31(21,22)23;;;;/h1-6,17-18H,7-8H2,(H,21,22,23)(H,24,25,26);;;;/q;4*+1/p-2. The molecule has 0 spiro atoms. The Labute approximate surface area is 307 Å². The van der Waals surface area contributed by atoms with Gasteiger partial charge in [-0.05, 0) is 24.3 Å². The Bertz CT molecular complexity index is 1670. The number of carbonyl (C=O) groups is 2. The third kappa shape index (κ3) is 10.0. The van der Waals surface area contributed by atoms with Gasteiger partial charge in [-0.1, -0.05) is 12.1 Å². The van der Waals surface area contributed by atoms with Gasteiger partial charge < -0.3 is 9.11 Å². The molecule has 0 aliphatic heterocycles. The zero-order valence-electron chi connectivity index (χ0n) is 20.4. The van der Waals surface area contributed by atoms with Crippen LogP contribution in [0.25, 0.3) is 0 Å². The summed E-state index contributed by atoms with van der Waals surface area (Å²) in [4.78, 5) is 24.6. The topological polar surface area (TPSA) is 241 Å². The van der Waals surface area contributed by atoms with E-state index in [0.29, 0.717) is 0 Å². The molecule has 22 heteroatoms. The summed E-state index contributed by atoms with van der Waals surface area (Å²) in [6.45, 7) is 0. The van der Waals surface area contributed by atoms with Crippen molar-refractivity contribution < 1.29 is 171 Å². The van der Waals surface area contributed by atoms with E-state index in [4.69, 9.17) is 0 Å². The summed E-state index contributed by atoms with van der Waals surface area (Å²) in [6, 6.07) is 5.51. The van der Waals surface area contributed by atoms with Gasteiger partial charge in [0.25, 0.3) is 0 Å². The second kappa shape index (κ2) is 15.2. The number of sulfonamides is 2. The number of ketones is 2. The van der Waals surface area contributed by atoms with Gasteiger partial charge in [-0.25, -0.2) is 33.7 Å². The minimum atomic E-state index is -5.00. The fraction of sp³-hybridized carbons (Fsp3) is 0.125. The van der Waals surface area contributed by atoms with Crippen molar-refractivity contribution in [3.05, 3.63) is 58.7 Å². The smallest absolute Gasteiger partial charge is 0.747 e. The first-order valence-corrected chi connectivity index (χ1v) is 14.8. The van der Waals surface area contributed by atoms with Crippen molar-refractivity contribution >= 4 is 51.8 Å². The third-order valence-corrected chi connectivity index (χ3v) is 8.63. The van der Waals surface area contributed by atoms with Gasteiger partial charge in [-0.15, -0.1) is 0 Å². The molecule has 0 aromatic heterocycles. The average Bonchev–Trinajstić information content (AvgIpc) is 2.73. The molecular weight excluding hydrogens is 632 g/mol. The maximum atomic E-state index is 13.0. The van der Waals surface area contributed by atoms with Gasteiger partial charge in [0.05, 0.1) is 15.4 Å². The average molecular weight is 645 g/mol. The predicted octanol–water partition coefficient (Wildman–Crippen LogP) is -14.0. The Hall–Kier alpha value is 1.42. The van der Waals surface area contributed by atoms with E-state index in [2.05, 4.69) is 0 Å². The van der Waals surface area contributed by atoms with Gasteiger partial charge in [0.1, 0.15) is 32.0 Å². The van der Waals surface area contributed by atoms with Gasteiger partial charge in [0, 0.05) is 16.7 Å². The predicted molar refractivity (Wildman–Crippen MR) is 110 cm³/mol. The molecule has 1 aliphatic carbocycles. The quantitative estimate of drug-likeness (QED) is 0.172. The van der Waals surface area contributed by atoms with E-state index < -0.39 is 95.6 Å². The van der Waals surface area contributed by atoms with Crippen LogP contribution >= 0.6 is 0 Å². The summed E-state index contributed by atoms with van der Waals surface area (Å²) < 4.78 is 117. The molecule has 0 amide bonds. The van der Waals surface area contributed by atoms with Crippen LogP contribution in [-0.4, -0.2) is 66.1 Å². The van der Waals surface area contributed by atoms with Gasteiger partial charge in [-0.2, -0.15) is 9.44 Å². The van der Waals surface area contributed by atoms with Crippen molar-refractivity contribution in [3.63, 3.8) is 0 Å². The molecule has 2 aromatic rings. The van der Waals surface area contributed by atoms with Crippen LogP contribution in [0.4, 0.5) is 0 Å². The number of fused-ring (bicyclic) bond motifs is 2. The minimum absolute atomic E-state index is 0. The first kappa shape index (κ1) is 41.6. The Morgan fingerprint density at radius 2 is 1.11 bits per heavy atom. The van der Waals surface area contributed by atoms with Crippen molar-refractivity contribution in [1.29, 1.82) is 0 Å². The molecule has 184 valence electrons. The van der Waals surface area contributed by atoms with Crippen molar-refractivity contribution in [2.24, 2.45) is 0 Å². The summed E-state index contributed by atoms with van der Waals surface area (Å²) in [5.74, 6) is -4.96. The maximum Gasteiger partial charge on any atom is 1.00 e. The first-order chi connectivity index (χ1) is 15.4. The molecule has 0 atom stereocenters. The van der Waals surface area contributed by atoms with Gasteiger partial charge in [0.2, 0.25) is 20.0 Å². The Morgan fingerprint density at radius 1 is 0.605 bits per heavy atom. The van der Waals surface area contributed by atoms with Crippen molar-refractivity contribution in [2.45, 2.75) is 9.79 Å². The van der Waals surface area contributed by atoms with Crippen LogP contribution in [0, 0.1) is 0 Å². The number of hydrogen-bond donors (Lipinski definition) is 2.